The molecule has 0 saturated heterocycles. The van der Waals surface area contributed by atoms with Gasteiger partial charge in [0.1, 0.15) is 29.0 Å². The summed E-state index contributed by atoms with van der Waals surface area (Å²) in [7, 11) is 1.42. The summed E-state index contributed by atoms with van der Waals surface area (Å²) >= 11 is 0. The molecule has 1 aromatic rings. The Hall–Kier alpha value is -4.79. The lowest BCUT2D eigenvalue weighted by atomic mass is 9.78. The van der Waals surface area contributed by atoms with Crippen LogP contribution in [0.25, 0.3) is 0 Å². The van der Waals surface area contributed by atoms with Crippen LogP contribution in [-0.2, 0) is 23.8 Å². The van der Waals surface area contributed by atoms with E-state index < -0.39 is 100 Å². The number of carbonyl (C=O) groups is 5. The van der Waals surface area contributed by atoms with E-state index in [9.17, 15) is 39.3 Å². The molecule has 0 spiro atoms. The van der Waals surface area contributed by atoms with Crippen LogP contribution in [0.3, 0.4) is 0 Å². The largest absolute Gasteiger partial charge is 0.507 e. The molecule has 294 valence electrons. The molecule has 0 fully saturated rings. The molecule has 54 heavy (non-hydrogen) atoms. The number of Topliss-reactive ketones (excluding diaryl/α,β-unsaturated/α-hetero) is 3. The average Bonchev–Trinajstić information content (AvgIpc) is 3.39. The summed E-state index contributed by atoms with van der Waals surface area (Å²) < 4.78 is 23.3. The second-order valence-electron chi connectivity index (χ2n) is 14.5. The summed E-state index contributed by atoms with van der Waals surface area (Å²) in [5, 5.41) is 39.5. The number of methoxy groups -OCH3 is 1. The van der Waals surface area contributed by atoms with Crippen molar-refractivity contribution >= 4 is 29.2 Å². The fourth-order valence-electron chi connectivity index (χ4n) is 7.11. The van der Waals surface area contributed by atoms with Crippen LogP contribution in [0.2, 0.25) is 0 Å². The fourth-order valence-corrected chi connectivity index (χ4v) is 7.11. The van der Waals surface area contributed by atoms with Crippen molar-refractivity contribution in [1.29, 1.82) is 0 Å². The summed E-state index contributed by atoms with van der Waals surface area (Å²) in [6, 6.07) is 0. The SMILES string of the molecule is CCCNC1=C2NC(=O)/C(C)=C\C=C/[C@H](C)[C@H](O)[C@@H](C)[C@H](O)[C@H](C)[C@H](OC(C)=O)[C@H](C)[C@@H](OC)/C=C\O[C@@]3(C)Oc4c(C)c(O)c(c(c4C3=O)C1=O)C2=O. The number of aromatic hydroxyl groups is 1. The van der Waals surface area contributed by atoms with Gasteiger partial charge in [0.2, 0.25) is 11.6 Å². The summed E-state index contributed by atoms with van der Waals surface area (Å²) in [4.78, 5) is 68.3. The van der Waals surface area contributed by atoms with E-state index >= 15 is 0 Å². The van der Waals surface area contributed by atoms with Crippen molar-refractivity contribution in [2.45, 2.75) is 98.9 Å². The number of phenolic OH excluding ortho intramolecular Hbond substituents is 1. The molecule has 5 N–H and O–H groups in total. The summed E-state index contributed by atoms with van der Waals surface area (Å²) in [6.07, 6.45) is 3.97. The Morgan fingerprint density at radius 1 is 0.963 bits per heavy atom. The van der Waals surface area contributed by atoms with Crippen LogP contribution < -0.4 is 15.4 Å². The number of esters is 1. The van der Waals surface area contributed by atoms with Crippen molar-refractivity contribution in [3.8, 4) is 11.5 Å². The lowest BCUT2D eigenvalue weighted by Crippen LogP contribution is -2.46. The van der Waals surface area contributed by atoms with Crippen LogP contribution in [0.5, 0.6) is 11.5 Å². The van der Waals surface area contributed by atoms with Crippen molar-refractivity contribution in [3.05, 3.63) is 69.8 Å². The van der Waals surface area contributed by atoms with Crippen LogP contribution in [0.4, 0.5) is 0 Å². The van der Waals surface area contributed by atoms with E-state index in [0.717, 1.165) is 0 Å². The highest BCUT2D eigenvalue weighted by atomic mass is 16.7. The predicted octanol–water partition coefficient (Wildman–Crippen LogP) is 3.96. The highest BCUT2D eigenvalue weighted by molar-refractivity contribution is 6.32. The lowest BCUT2D eigenvalue weighted by molar-refractivity contribution is -0.160. The molecule has 1 aliphatic carbocycles. The molecule has 1 aromatic carbocycles. The normalized spacial score (nSPS) is 32.9. The molecular weight excluding hydrogens is 700 g/mol. The number of nitrogens with one attached hydrogen (secondary N) is 2. The Kier molecular flexibility index (Phi) is 13.0. The number of carbonyl (C=O) groups excluding carboxylic acids is 5. The smallest absolute Gasteiger partial charge is 0.312 e. The number of allylic oxidation sites excluding steroid dienone is 4. The minimum Gasteiger partial charge on any atom is -0.507 e. The van der Waals surface area contributed by atoms with Crippen molar-refractivity contribution in [1.82, 2.24) is 10.6 Å². The first-order valence-electron chi connectivity index (χ1n) is 18.1. The third-order valence-electron chi connectivity index (χ3n) is 10.5. The first kappa shape index (κ1) is 42.0. The maximum Gasteiger partial charge on any atom is 0.312 e. The number of ether oxygens (including phenoxy) is 4. The Balaban J connectivity index is 1.90. The van der Waals surface area contributed by atoms with Crippen molar-refractivity contribution in [2.24, 2.45) is 23.7 Å². The predicted molar refractivity (Wildman–Crippen MR) is 196 cm³/mol. The molecule has 3 heterocycles. The summed E-state index contributed by atoms with van der Waals surface area (Å²) in [5.74, 6) is -9.11. The zero-order chi connectivity index (χ0) is 40.4. The van der Waals surface area contributed by atoms with E-state index in [1.807, 2.05) is 6.92 Å². The number of hydrogen-bond acceptors (Lipinski definition) is 13. The number of aliphatic hydroxyl groups is 2. The molecular formula is C40H52N2O12. The quantitative estimate of drug-likeness (QED) is 0.271. The highest BCUT2D eigenvalue weighted by Crippen LogP contribution is 2.48. The standard InChI is InChI=1S/C40H52N2O12/c1-11-16-41-29-30-35(48)27-26(34(29)47)28-37(23(7)33(27)46)54-40(9,38(28)49)52-17-15-25(51-10)20(4)36(53-24(8)43)22(6)32(45)21(5)31(44)18(2)13-12-14-19(3)39(50)42-30/h12-15,17-18,20-22,25,31-32,36,41,44-46H,11,16H2,1-10H3,(H,42,50)/b13-12-,17-15-,19-14-/t18-,20+,21+,22-,25-,31-,32-,36+,40-/m0/s1. The molecule has 5 bridgehead atoms. The maximum absolute atomic E-state index is 14.3. The summed E-state index contributed by atoms with van der Waals surface area (Å²) in [6.45, 7) is 14.4. The van der Waals surface area contributed by atoms with E-state index in [1.54, 1.807) is 39.8 Å². The molecule has 0 unspecified atom stereocenters. The van der Waals surface area contributed by atoms with Gasteiger partial charge in [-0.15, -0.1) is 0 Å². The van der Waals surface area contributed by atoms with E-state index in [0.29, 0.717) is 6.42 Å². The van der Waals surface area contributed by atoms with Crippen LogP contribution in [0.15, 0.2) is 47.5 Å². The molecule has 14 nitrogen and oxygen atoms in total. The number of hydrogen-bond donors (Lipinski definition) is 5. The third-order valence-corrected chi connectivity index (χ3v) is 10.5. The number of fused-ring (bicyclic) bond motifs is 14. The number of rotatable bonds is 5. The van der Waals surface area contributed by atoms with Gasteiger partial charge >= 0.3 is 11.8 Å². The van der Waals surface area contributed by atoms with Gasteiger partial charge in [-0.05, 0) is 26.3 Å². The van der Waals surface area contributed by atoms with Gasteiger partial charge < -0.3 is 44.9 Å². The molecule has 0 radical (unpaired) electrons. The number of aliphatic hydroxyl groups excluding tert-OH is 2. The van der Waals surface area contributed by atoms with Crippen LogP contribution >= 0.6 is 0 Å². The third kappa shape index (κ3) is 7.87. The monoisotopic (exact) mass is 752 g/mol. The average molecular weight is 753 g/mol. The van der Waals surface area contributed by atoms with Gasteiger partial charge in [-0.3, -0.25) is 24.0 Å². The van der Waals surface area contributed by atoms with Gasteiger partial charge in [0.05, 0.1) is 41.3 Å². The molecule has 4 aliphatic rings. The van der Waals surface area contributed by atoms with Crippen LogP contribution in [-0.4, -0.2) is 88.4 Å². The molecule has 9 atom stereocenters. The number of phenols is 1. The van der Waals surface area contributed by atoms with E-state index in [2.05, 4.69) is 10.6 Å². The molecule has 3 aliphatic heterocycles. The van der Waals surface area contributed by atoms with E-state index in [1.165, 1.54) is 53.2 Å². The Bertz CT molecular complexity index is 1830. The molecule has 1 amide bonds. The Morgan fingerprint density at radius 2 is 1.63 bits per heavy atom. The van der Waals surface area contributed by atoms with E-state index in [-0.39, 0.29) is 40.3 Å². The van der Waals surface area contributed by atoms with Gasteiger partial charge in [-0.2, -0.15) is 0 Å². The Morgan fingerprint density at radius 3 is 2.24 bits per heavy atom. The van der Waals surface area contributed by atoms with Gasteiger partial charge in [0.15, 0.2) is 0 Å². The van der Waals surface area contributed by atoms with E-state index in [4.69, 9.17) is 18.9 Å². The fraction of sp³-hybridized carbons (Fsp3) is 0.525. The lowest BCUT2D eigenvalue weighted by Gasteiger charge is -2.38. The second-order valence-corrected chi connectivity index (χ2v) is 14.5. The first-order valence-corrected chi connectivity index (χ1v) is 18.1. The topological polar surface area (TPSA) is 207 Å². The Labute approximate surface area is 315 Å². The van der Waals surface area contributed by atoms with Gasteiger partial charge in [0, 0.05) is 62.3 Å². The van der Waals surface area contributed by atoms with Gasteiger partial charge in [-0.1, -0.05) is 52.8 Å². The maximum atomic E-state index is 14.3. The van der Waals surface area contributed by atoms with Crippen LogP contribution in [0, 0.1) is 30.6 Å². The number of ketones is 3. The molecule has 0 aromatic heterocycles. The number of amides is 1. The molecule has 14 heteroatoms. The first-order chi connectivity index (χ1) is 25.3. The minimum absolute atomic E-state index is 0.00243. The second kappa shape index (κ2) is 16.7. The zero-order valence-electron chi connectivity index (χ0n) is 32.4. The van der Waals surface area contributed by atoms with Gasteiger partial charge in [-0.25, -0.2) is 0 Å². The highest BCUT2D eigenvalue weighted by Gasteiger charge is 2.52. The number of benzene rings is 1. The van der Waals surface area contributed by atoms with Crippen LogP contribution in [0.1, 0.15) is 98.4 Å². The van der Waals surface area contributed by atoms with Gasteiger partial charge in [0.25, 0.3) is 11.7 Å². The summed E-state index contributed by atoms with van der Waals surface area (Å²) in [5.41, 5.74) is -1.61. The minimum atomic E-state index is -2.06. The van der Waals surface area contributed by atoms with Crippen molar-refractivity contribution < 1.29 is 58.2 Å². The van der Waals surface area contributed by atoms with Crippen molar-refractivity contribution in [2.75, 3.05) is 13.7 Å². The molecule has 5 rings (SSSR count). The zero-order valence-corrected chi connectivity index (χ0v) is 32.4. The van der Waals surface area contributed by atoms with Crippen molar-refractivity contribution in [3.63, 3.8) is 0 Å². The molecule has 0 saturated carbocycles.